The first-order chi connectivity index (χ1) is 9.28. The lowest BCUT2D eigenvalue weighted by molar-refractivity contribution is 0.415. The molecule has 1 nitrogen and oxygen atoms in total. The van der Waals surface area contributed by atoms with E-state index in [-0.39, 0.29) is 0 Å². The molecular weight excluding hydrogens is 300 g/mol. The Morgan fingerprint density at radius 2 is 1.63 bits per heavy atom. The van der Waals surface area contributed by atoms with Gasteiger partial charge in [-0.1, -0.05) is 52.3 Å². The van der Waals surface area contributed by atoms with Crippen LogP contribution in [0.15, 0.2) is 65.1 Å². The van der Waals surface area contributed by atoms with Gasteiger partial charge in [0.05, 0.1) is 7.11 Å². The van der Waals surface area contributed by atoms with Crippen molar-refractivity contribution in [3.8, 4) is 16.9 Å². The van der Waals surface area contributed by atoms with Gasteiger partial charge in [-0.15, -0.1) is 0 Å². The predicted molar refractivity (Wildman–Crippen MR) is 83.6 cm³/mol. The van der Waals surface area contributed by atoms with E-state index >= 15 is 0 Å². The largest absolute Gasteiger partial charge is 0.497 e. The van der Waals surface area contributed by atoms with Crippen LogP contribution in [0.1, 0.15) is 0 Å². The molecule has 0 fully saturated rings. The fourth-order valence-electron chi connectivity index (χ4n) is 2.21. The van der Waals surface area contributed by atoms with Gasteiger partial charge in [0.15, 0.2) is 0 Å². The van der Waals surface area contributed by atoms with E-state index in [9.17, 15) is 0 Å². The lowest BCUT2D eigenvalue weighted by Crippen LogP contribution is -1.85. The van der Waals surface area contributed by atoms with Crippen molar-refractivity contribution in [2.24, 2.45) is 0 Å². The Bertz CT molecular complexity index is 734. The second-order valence-electron chi connectivity index (χ2n) is 4.41. The lowest BCUT2D eigenvalue weighted by atomic mass is 10.0. The highest BCUT2D eigenvalue weighted by Gasteiger charge is 2.05. The van der Waals surface area contributed by atoms with Crippen molar-refractivity contribution in [3.63, 3.8) is 0 Å². The molecule has 3 aromatic rings. The smallest absolute Gasteiger partial charge is 0.119 e. The summed E-state index contributed by atoms with van der Waals surface area (Å²) in [6.45, 7) is 0. The van der Waals surface area contributed by atoms with Crippen molar-refractivity contribution >= 4 is 26.7 Å². The van der Waals surface area contributed by atoms with E-state index in [0.29, 0.717) is 0 Å². The molecule has 0 saturated heterocycles. The summed E-state index contributed by atoms with van der Waals surface area (Å²) in [7, 11) is 1.69. The third-order valence-corrected chi connectivity index (χ3v) is 3.93. The number of benzene rings is 3. The van der Waals surface area contributed by atoms with Crippen molar-refractivity contribution in [1.29, 1.82) is 0 Å². The van der Waals surface area contributed by atoms with Gasteiger partial charge in [0.1, 0.15) is 5.75 Å². The molecule has 0 unspecified atom stereocenters. The molecule has 0 saturated carbocycles. The van der Waals surface area contributed by atoms with E-state index in [0.717, 1.165) is 15.8 Å². The molecule has 0 aromatic heterocycles. The van der Waals surface area contributed by atoms with Crippen molar-refractivity contribution in [1.82, 2.24) is 0 Å². The number of halogens is 1. The van der Waals surface area contributed by atoms with E-state index < -0.39 is 0 Å². The Balaban J connectivity index is 2.18. The quantitative estimate of drug-likeness (QED) is 0.625. The molecular formula is C17H13BrO. The summed E-state index contributed by atoms with van der Waals surface area (Å²) in [5, 5.41) is 2.50. The maximum Gasteiger partial charge on any atom is 0.119 e. The number of hydrogen-bond acceptors (Lipinski definition) is 1. The van der Waals surface area contributed by atoms with Crippen LogP contribution in [0.3, 0.4) is 0 Å². The van der Waals surface area contributed by atoms with Gasteiger partial charge in [0, 0.05) is 4.47 Å². The van der Waals surface area contributed by atoms with Gasteiger partial charge >= 0.3 is 0 Å². The minimum atomic E-state index is 0.867. The highest BCUT2D eigenvalue weighted by molar-refractivity contribution is 9.10. The van der Waals surface area contributed by atoms with Crippen LogP contribution in [-0.4, -0.2) is 7.11 Å². The van der Waals surface area contributed by atoms with Crippen molar-refractivity contribution in [2.45, 2.75) is 0 Å². The Labute approximate surface area is 121 Å². The third kappa shape index (κ3) is 2.36. The van der Waals surface area contributed by atoms with Gasteiger partial charge in [-0.25, -0.2) is 0 Å². The first-order valence-electron chi connectivity index (χ1n) is 6.10. The summed E-state index contributed by atoms with van der Waals surface area (Å²) in [6.07, 6.45) is 0. The minimum absolute atomic E-state index is 0.867. The van der Waals surface area contributed by atoms with Gasteiger partial charge in [0.25, 0.3) is 0 Å². The average Bonchev–Trinajstić information content (AvgIpc) is 2.47. The summed E-state index contributed by atoms with van der Waals surface area (Å²) in [5.74, 6) is 0.867. The van der Waals surface area contributed by atoms with Crippen LogP contribution < -0.4 is 4.74 Å². The van der Waals surface area contributed by atoms with Gasteiger partial charge in [-0.05, 0) is 46.2 Å². The molecule has 3 aromatic carbocycles. The van der Waals surface area contributed by atoms with E-state index in [2.05, 4.69) is 58.4 Å². The average molecular weight is 313 g/mol. The third-order valence-electron chi connectivity index (χ3n) is 3.23. The summed E-state index contributed by atoms with van der Waals surface area (Å²) in [4.78, 5) is 0. The molecule has 0 N–H and O–H groups in total. The topological polar surface area (TPSA) is 9.23 Å². The Morgan fingerprint density at radius 1 is 0.842 bits per heavy atom. The van der Waals surface area contributed by atoms with Crippen LogP contribution in [0.2, 0.25) is 0 Å². The summed E-state index contributed by atoms with van der Waals surface area (Å²) in [5.41, 5.74) is 2.33. The van der Waals surface area contributed by atoms with Crippen LogP contribution in [-0.2, 0) is 0 Å². The maximum absolute atomic E-state index is 5.30. The summed E-state index contributed by atoms with van der Waals surface area (Å²) >= 11 is 3.60. The zero-order valence-electron chi connectivity index (χ0n) is 10.6. The van der Waals surface area contributed by atoms with Crippen molar-refractivity contribution in [3.05, 3.63) is 65.1 Å². The minimum Gasteiger partial charge on any atom is -0.497 e. The van der Waals surface area contributed by atoms with Gasteiger partial charge in [0.2, 0.25) is 0 Å². The highest BCUT2D eigenvalue weighted by Crippen LogP contribution is 2.33. The first kappa shape index (κ1) is 12.2. The van der Waals surface area contributed by atoms with Gasteiger partial charge in [-0.3, -0.25) is 0 Å². The Hall–Kier alpha value is -1.80. The van der Waals surface area contributed by atoms with E-state index in [1.165, 1.54) is 16.3 Å². The van der Waals surface area contributed by atoms with Crippen LogP contribution in [0.5, 0.6) is 5.75 Å². The number of hydrogen-bond donors (Lipinski definition) is 0. The molecule has 2 heteroatoms. The van der Waals surface area contributed by atoms with Crippen LogP contribution in [0.25, 0.3) is 21.9 Å². The molecule has 0 radical (unpaired) electrons. The lowest BCUT2D eigenvalue weighted by Gasteiger charge is -2.08. The number of fused-ring (bicyclic) bond motifs is 1. The summed E-state index contributed by atoms with van der Waals surface area (Å²) < 4.78 is 6.37. The van der Waals surface area contributed by atoms with Crippen molar-refractivity contribution in [2.75, 3.05) is 7.11 Å². The number of ether oxygens (including phenoxy) is 1. The molecule has 0 aliphatic heterocycles. The Morgan fingerprint density at radius 3 is 2.42 bits per heavy atom. The van der Waals surface area contributed by atoms with Crippen LogP contribution in [0.4, 0.5) is 0 Å². The molecule has 0 spiro atoms. The predicted octanol–water partition coefficient (Wildman–Crippen LogP) is 5.28. The molecule has 94 valence electrons. The molecule has 3 rings (SSSR count). The van der Waals surface area contributed by atoms with Crippen molar-refractivity contribution < 1.29 is 4.74 Å². The number of rotatable bonds is 2. The standard InChI is InChI=1S/C17H13BrO/c1-19-15-8-9-17(18)16(11-15)14-7-6-12-4-2-3-5-13(12)10-14/h2-11H,1H3. The molecule has 0 aliphatic rings. The second kappa shape index (κ2) is 5.06. The van der Waals surface area contributed by atoms with E-state index in [1.54, 1.807) is 7.11 Å². The fraction of sp³-hybridized carbons (Fsp3) is 0.0588. The zero-order chi connectivity index (χ0) is 13.2. The van der Waals surface area contributed by atoms with Gasteiger partial charge in [-0.2, -0.15) is 0 Å². The number of methoxy groups -OCH3 is 1. The van der Waals surface area contributed by atoms with E-state index in [4.69, 9.17) is 4.74 Å². The highest BCUT2D eigenvalue weighted by atomic mass is 79.9. The molecule has 0 amide bonds. The molecule has 19 heavy (non-hydrogen) atoms. The zero-order valence-corrected chi connectivity index (χ0v) is 12.1. The maximum atomic E-state index is 5.30. The van der Waals surface area contributed by atoms with Crippen LogP contribution >= 0.6 is 15.9 Å². The van der Waals surface area contributed by atoms with Crippen LogP contribution in [0, 0.1) is 0 Å². The normalized spacial score (nSPS) is 10.6. The molecule has 0 heterocycles. The fourth-order valence-corrected chi connectivity index (χ4v) is 2.68. The Kier molecular flexibility index (Phi) is 3.26. The monoisotopic (exact) mass is 312 g/mol. The molecule has 0 bridgehead atoms. The first-order valence-corrected chi connectivity index (χ1v) is 6.90. The SMILES string of the molecule is COc1ccc(Br)c(-c2ccc3ccccc3c2)c1. The summed E-state index contributed by atoms with van der Waals surface area (Å²) in [6, 6.07) is 20.9. The second-order valence-corrected chi connectivity index (χ2v) is 5.26. The molecule has 0 atom stereocenters. The van der Waals surface area contributed by atoms with Gasteiger partial charge < -0.3 is 4.74 Å². The molecule has 0 aliphatic carbocycles. The van der Waals surface area contributed by atoms with E-state index in [1.807, 2.05) is 18.2 Å².